The summed E-state index contributed by atoms with van der Waals surface area (Å²) in [5, 5.41) is 18.9. The summed E-state index contributed by atoms with van der Waals surface area (Å²) in [6.45, 7) is 0. The van der Waals surface area contributed by atoms with Crippen molar-refractivity contribution >= 4 is 11.6 Å². The molecule has 0 saturated heterocycles. The Bertz CT molecular complexity index is 679. The Kier molecular flexibility index (Phi) is 3.44. The number of aromatic nitrogens is 2. The average Bonchev–Trinajstić information content (AvgIpc) is 3.20. The highest BCUT2D eigenvalue weighted by molar-refractivity contribution is 5.97. The average molecular weight is 280 g/mol. The number of carbonyl (C=O) groups excluding carboxylic acids is 1. The SMILES string of the molecule is N#CC1(C(=O)Nc2cccc(-c3cn[nH]c3)c2)CCCC1. The van der Waals surface area contributed by atoms with E-state index in [0.717, 1.165) is 24.0 Å². The van der Waals surface area contributed by atoms with Gasteiger partial charge in [-0.1, -0.05) is 25.0 Å². The van der Waals surface area contributed by atoms with Crippen LogP contribution in [0.3, 0.4) is 0 Å². The molecule has 1 aromatic carbocycles. The van der Waals surface area contributed by atoms with Crippen molar-refractivity contribution < 1.29 is 4.79 Å². The lowest BCUT2D eigenvalue weighted by Crippen LogP contribution is -2.32. The van der Waals surface area contributed by atoms with E-state index in [-0.39, 0.29) is 5.91 Å². The van der Waals surface area contributed by atoms with Gasteiger partial charge >= 0.3 is 0 Å². The van der Waals surface area contributed by atoms with Gasteiger partial charge in [0.1, 0.15) is 5.41 Å². The van der Waals surface area contributed by atoms with E-state index < -0.39 is 5.41 Å². The minimum atomic E-state index is -0.856. The number of anilines is 1. The third kappa shape index (κ3) is 2.52. The zero-order valence-electron chi connectivity index (χ0n) is 11.6. The maximum Gasteiger partial charge on any atom is 0.244 e. The molecule has 1 amide bonds. The van der Waals surface area contributed by atoms with Crippen LogP contribution in [0.2, 0.25) is 0 Å². The minimum Gasteiger partial charge on any atom is -0.325 e. The molecular formula is C16H16N4O. The van der Waals surface area contributed by atoms with Crippen molar-refractivity contribution in [2.45, 2.75) is 25.7 Å². The van der Waals surface area contributed by atoms with Crippen LogP contribution in [-0.2, 0) is 4.79 Å². The summed E-state index contributed by atoms with van der Waals surface area (Å²) in [4.78, 5) is 12.4. The molecule has 1 heterocycles. The van der Waals surface area contributed by atoms with Crippen LogP contribution in [0.5, 0.6) is 0 Å². The molecule has 1 aromatic heterocycles. The maximum absolute atomic E-state index is 12.4. The standard InChI is InChI=1S/C16H16N4O/c17-11-16(6-1-2-7-16)15(21)20-14-5-3-4-12(8-14)13-9-18-19-10-13/h3-5,8-10H,1-2,6-7H2,(H,18,19)(H,20,21). The molecule has 106 valence electrons. The molecule has 0 spiro atoms. The molecule has 0 atom stereocenters. The molecule has 0 aliphatic heterocycles. The molecule has 1 aliphatic rings. The summed E-state index contributed by atoms with van der Waals surface area (Å²) >= 11 is 0. The Morgan fingerprint density at radius 1 is 1.33 bits per heavy atom. The minimum absolute atomic E-state index is 0.188. The number of aromatic amines is 1. The summed E-state index contributed by atoms with van der Waals surface area (Å²) in [5.74, 6) is -0.188. The first-order valence-corrected chi connectivity index (χ1v) is 7.05. The van der Waals surface area contributed by atoms with Gasteiger partial charge in [0.25, 0.3) is 0 Å². The second-order valence-electron chi connectivity index (χ2n) is 5.42. The van der Waals surface area contributed by atoms with Gasteiger partial charge in [0, 0.05) is 17.4 Å². The molecule has 1 fully saturated rings. The fourth-order valence-electron chi connectivity index (χ4n) is 2.80. The highest BCUT2D eigenvalue weighted by Crippen LogP contribution is 2.38. The molecule has 5 nitrogen and oxygen atoms in total. The van der Waals surface area contributed by atoms with Gasteiger partial charge in [0.2, 0.25) is 5.91 Å². The molecule has 2 aromatic rings. The van der Waals surface area contributed by atoms with Crippen molar-refractivity contribution in [3.8, 4) is 17.2 Å². The number of benzene rings is 1. The van der Waals surface area contributed by atoms with E-state index in [1.807, 2.05) is 24.3 Å². The quantitative estimate of drug-likeness (QED) is 0.906. The third-order valence-electron chi connectivity index (χ3n) is 4.06. The summed E-state index contributed by atoms with van der Waals surface area (Å²) in [6.07, 6.45) is 6.71. The number of rotatable bonds is 3. The molecule has 3 rings (SSSR count). The number of nitrogens with zero attached hydrogens (tertiary/aromatic N) is 2. The number of amides is 1. The van der Waals surface area contributed by atoms with Crippen molar-refractivity contribution in [3.63, 3.8) is 0 Å². The second kappa shape index (κ2) is 5.41. The molecule has 5 heteroatoms. The predicted octanol–water partition coefficient (Wildman–Crippen LogP) is 3.10. The topological polar surface area (TPSA) is 81.6 Å². The number of nitrogens with one attached hydrogen (secondary N) is 2. The van der Waals surface area contributed by atoms with Gasteiger partial charge in [-0.3, -0.25) is 9.89 Å². The summed E-state index contributed by atoms with van der Waals surface area (Å²) in [6, 6.07) is 9.77. The van der Waals surface area contributed by atoms with Crippen LogP contribution in [0.1, 0.15) is 25.7 Å². The number of H-pyrrole nitrogens is 1. The Morgan fingerprint density at radius 2 is 2.14 bits per heavy atom. The van der Waals surface area contributed by atoms with E-state index in [0.29, 0.717) is 18.5 Å². The van der Waals surface area contributed by atoms with Gasteiger partial charge in [-0.2, -0.15) is 10.4 Å². The fraction of sp³-hybridized carbons (Fsp3) is 0.312. The zero-order chi connectivity index (χ0) is 14.7. The van der Waals surface area contributed by atoms with Crippen LogP contribution in [0, 0.1) is 16.7 Å². The predicted molar refractivity (Wildman–Crippen MR) is 79.2 cm³/mol. The number of nitriles is 1. The van der Waals surface area contributed by atoms with Crippen LogP contribution >= 0.6 is 0 Å². The van der Waals surface area contributed by atoms with E-state index in [9.17, 15) is 10.1 Å². The van der Waals surface area contributed by atoms with E-state index in [2.05, 4.69) is 21.6 Å². The molecule has 0 radical (unpaired) electrons. The third-order valence-corrected chi connectivity index (χ3v) is 4.06. The lowest BCUT2D eigenvalue weighted by Gasteiger charge is -2.19. The van der Waals surface area contributed by atoms with Gasteiger partial charge in [-0.15, -0.1) is 0 Å². The Balaban J connectivity index is 1.81. The first-order chi connectivity index (χ1) is 10.2. The van der Waals surface area contributed by atoms with Crippen molar-refractivity contribution in [1.29, 1.82) is 5.26 Å². The Hall–Kier alpha value is -2.61. The fourth-order valence-corrected chi connectivity index (χ4v) is 2.80. The van der Waals surface area contributed by atoms with Gasteiger partial charge in [-0.25, -0.2) is 0 Å². The zero-order valence-corrected chi connectivity index (χ0v) is 11.6. The second-order valence-corrected chi connectivity index (χ2v) is 5.42. The van der Waals surface area contributed by atoms with Crippen molar-refractivity contribution in [3.05, 3.63) is 36.7 Å². The van der Waals surface area contributed by atoms with Gasteiger partial charge in [-0.05, 0) is 30.5 Å². The van der Waals surface area contributed by atoms with E-state index in [4.69, 9.17) is 0 Å². The summed E-state index contributed by atoms with van der Waals surface area (Å²) in [7, 11) is 0. The molecule has 0 unspecified atom stereocenters. The van der Waals surface area contributed by atoms with Crippen LogP contribution in [-0.4, -0.2) is 16.1 Å². The molecule has 21 heavy (non-hydrogen) atoms. The molecular weight excluding hydrogens is 264 g/mol. The lowest BCUT2D eigenvalue weighted by molar-refractivity contribution is -0.122. The molecule has 0 bridgehead atoms. The van der Waals surface area contributed by atoms with Crippen molar-refractivity contribution in [1.82, 2.24) is 10.2 Å². The van der Waals surface area contributed by atoms with Crippen LogP contribution in [0.25, 0.3) is 11.1 Å². The van der Waals surface area contributed by atoms with Crippen molar-refractivity contribution in [2.75, 3.05) is 5.32 Å². The van der Waals surface area contributed by atoms with Crippen LogP contribution in [0.15, 0.2) is 36.7 Å². The maximum atomic E-state index is 12.4. The summed E-state index contributed by atoms with van der Waals surface area (Å²) < 4.78 is 0. The smallest absolute Gasteiger partial charge is 0.244 e. The molecule has 2 N–H and O–H groups in total. The van der Waals surface area contributed by atoms with Crippen LogP contribution < -0.4 is 5.32 Å². The highest BCUT2D eigenvalue weighted by atomic mass is 16.2. The van der Waals surface area contributed by atoms with Crippen molar-refractivity contribution in [2.24, 2.45) is 5.41 Å². The normalized spacial score (nSPS) is 16.3. The molecule has 1 aliphatic carbocycles. The lowest BCUT2D eigenvalue weighted by atomic mass is 9.87. The molecule has 1 saturated carbocycles. The largest absolute Gasteiger partial charge is 0.325 e. The first-order valence-electron chi connectivity index (χ1n) is 7.05. The Labute approximate surface area is 123 Å². The number of carbonyl (C=O) groups is 1. The number of hydrogen-bond donors (Lipinski definition) is 2. The van der Waals surface area contributed by atoms with E-state index >= 15 is 0 Å². The summed E-state index contributed by atoms with van der Waals surface area (Å²) in [5.41, 5.74) is 1.78. The highest BCUT2D eigenvalue weighted by Gasteiger charge is 2.41. The first kappa shape index (κ1) is 13.4. The van der Waals surface area contributed by atoms with Crippen LogP contribution in [0.4, 0.5) is 5.69 Å². The van der Waals surface area contributed by atoms with E-state index in [1.165, 1.54) is 0 Å². The van der Waals surface area contributed by atoms with Gasteiger partial charge in [0.15, 0.2) is 0 Å². The van der Waals surface area contributed by atoms with E-state index in [1.54, 1.807) is 12.4 Å². The van der Waals surface area contributed by atoms with Gasteiger partial charge in [0.05, 0.1) is 12.3 Å². The number of hydrogen-bond acceptors (Lipinski definition) is 3. The monoisotopic (exact) mass is 280 g/mol. The van der Waals surface area contributed by atoms with Gasteiger partial charge < -0.3 is 5.32 Å². The Morgan fingerprint density at radius 3 is 2.81 bits per heavy atom.